The molecule has 4 rings (SSSR count). The minimum absolute atomic E-state index is 0.0937. The van der Waals surface area contributed by atoms with Crippen LogP contribution in [0.5, 0.6) is 5.75 Å². The number of benzene rings is 2. The quantitative estimate of drug-likeness (QED) is 0.533. The number of hydrogen-bond acceptors (Lipinski definition) is 6. The first kappa shape index (κ1) is 22.4. The fourth-order valence-corrected chi connectivity index (χ4v) is 6.03. The third kappa shape index (κ3) is 5.01. The molecule has 168 valence electrons. The van der Waals surface area contributed by atoms with Crippen molar-refractivity contribution >= 4 is 33.0 Å². The zero-order valence-corrected chi connectivity index (χ0v) is 19.4. The highest BCUT2D eigenvalue weighted by Gasteiger charge is 2.27. The monoisotopic (exact) mass is 471 g/mol. The molecule has 0 spiro atoms. The minimum atomic E-state index is -3.53. The Kier molecular flexibility index (Phi) is 6.88. The fraction of sp³-hybridized carbons (Fsp3) is 0.304. The van der Waals surface area contributed by atoms with Gasteiger partial charge in [-0.25, -0.2) is 13.4 Å². The lowest BCUT2D eigenvalue weighted by Crippen LogP contribution is -2.28. The van der Waals surface area contributed by atoms with E-state index in [1.54, 1.807) is 18.2 Å². The number of para-hydroxylation sites is 1. The van der Waals surface area contributed by atoms with Crippen molar-refractivity contribution < 1.29 is 17.9 Å². The molecule has 3 aromatic rings. The van der Waals surface area contributed by atoms with Crippen molar-refractivity contribution in [2.45, 2.75) is 31.1 Å². The Morgan fingerprint density at radius 3 is 2.72 bits per heavy atom. The van der Waals surface area contributed by atoms with E-state index in [0.29, 0.717) is 31.1 Å². The molecule has 0 aliphatic carbocycles. The van der Waals surface area contributed by atoms with E-state index in [1.807, 2.05) is 36.6 Å². The van der Waals surface area contributed by atoms with Crippen LogP contribution < -0.4 is 10.1 Å². The van der Waals surface area contributed by atoms with Gasteiger partial charge in [0.05, 0.1) is 29.2 Å². The number of amides is 1. The summed E-state index contributed by atoms with van der Waals surface area (Å²) in [7, 11) is -3.53. The van der Waals surface area contributed by atoms with Gasteiger partial charge >= 0.3 is 0 Å². The lowest BCUT2D eigenvalue weighted by Gasteiger charge is -2.16. The summed E-state index contributed by atoms with van der Waals surface area (Å²) in [6, 6.07) is 14.1. The van der Waals surface area contributed by atoms with E-state index in [-0.39, 0.29) is 17.2 Å². The fourth-order valence-electron chi connectivity index (χ4n) is 3.62. The highest BCUT2D eigenvalue weighted by atomic mass is 32.2. The largest absolute Gasteiger partial charge is 0.493 e. The van der Waals surface area contributed by atoms with Gasteiger partial charge in [0.2, 0.25) is 15.9 Å². The van der Waals surface area contributed by atoms with Crippen LogP contribution in [0.15, 0.2) is 58.8 Å². The molecular weight excluding hydrogens is 446 g/mol. The lowest BCUT2D eigenvalue weighted by molar-refractivity contribution is -0.115. The van der Waals surface area contributed by atoms with Gasteiger partial charge in [0, 0.05) is 24.2 Å². The number of nitrogens with zero attached hydrogens (tertiary/aromatic N) is 2. The predicted octanol–water partition coefficient (Wildman–Crippen LogP) is 4.17. The molecule has 0 unspecified atom stereocenters. The van der Waals surface area contributed by atoms with E-state index in [0.717, 1.165) is 29.2 Å². The molecule has 1 aromatic heterocycles. The maximum Gasteiger partial charge on any atom is 0.243 e. The molecule has 7 nitrogen and oxygen atoms in total. The number of nitrogens with one attached hydrogen (secondary N) is 1. The van der Waals surface area contributed by atoms with Crippen LogP contribution in [0.2, 0.25) is 0 Å². The molecule has 2 heterocycles. The highest BCUT2D eigenvalue weighted by molar-refractivity contribution is 7.89. The first-order chi connectivity index (χ1) is 15.5. The van der Waals surface area contributed by atoms with Crippen LogP contribution in [0.3, 0.4) is 0 Å². The summed E-state index contributed by atoms with van der Waals surface area (Å²) in [6.07, 6.45) is 1.84. The van der Waals surface area contributed by atoms with Gasteiger partial charge in [-0.3, -0.25) is 4.79 Å². The number of carbonyl (C=O) groups excluding carboxylic acids is 1. The summed E-state index contributed by atoms with van der Waals surface area (Å²) in [5, 5.41) is 5.43. The van der Waals surface area contributed by atoms with Gasteiger partial charge in [-0.2, -0.15) is 4.31 Å². The van der Waals surface area contributed by atoms with Crippen LogP contribution in [-0.2, 0) is 21.2 Å². The molecule has 1 fully saturated rings. The Balaban J connectivity index is 1.44. The van der Waals surface area contributed by atoms with Crippen LogP contribution in [-0.4, -0.2) is 43.3 Å². The lowest BCUT2D eigenvalue weighted by atomic mass is 10.2. The van der Waals surface area contributed by atoms with E-state index in [9.17, 15) is 13.2 Å². The number of carbonyl (C=O) groups is 1. The van der Waals surface area contributed by atoms with Gasteiger partial charge in [0.25, 0.3) is 0 Å². The first-order valence-electron chi connectivity index (χ1n) is 10.5. The van der Waals surface area contributed by atoms with Crippen molar-refractivity contribution in [1.29, 1.82) is 0 Å². The SMILES string of the molecule is CCOc1ccccc1-c1nc(CC(=O)Nc2cccc(S(=O)(=O)N3CCCC3)c2)cs1. The summed E-state index contributed by atoms with van der Waals surface area (Å²) in [5.74, 6) is 0.507. The Hall–Kier alpha value is -2.75. The van der Waals surface area contributed by atoms with Gasteiger partial charge in [-0.1, -0.05) is 18.2 Å². The Bertz CT molecular complexity index is 1200. The normalized spacial score (nSPS) is 14.4. The van der Waals surface area contributed by atoms with Gasteiger partial charge in [0.15, 0.2) is 0 Å². The number of hydrogen-bond donors (Lipinski definition) is 1. The zero-order valence-electron chi connectivity index (χ0n) is 17.8. The molecule has 1 saturated heterocycles. The number of aromatic nitrogens is 1. The number of rotatable bonds is 8. The molecule has 0 bridgehead atoms. The summed E-state index contributed by atoms with van der Waals surface area (Å²) in [5.41, 5.74) is 1.99. The summed E-state index contributed by atoms with van der Waals surface area (Å²) >= 11 is 1.45. The van der Waals surface area contributed by atoms with Gasteiger partial charge < -0.3 is 10.1 Å². The molecule has 0 saturated carbocycles. The number of ether oxygens (including phenoxy) is 1. The molecular formula is C23H25N3O4S2. The van der Waals surface area contributed by atoms with Gasteiger partial charge in [0.1, 0.15) is 10.8 Å². The molecule has 2 aromatic carbocycles. The predicted molar refractivity (Wildman–Crippen MR) is 125 cm³/mol. The Morgan fingerprint density at radius 1 is 1.16 bits per heavy atom. The van der Waals surface area contributed by atoms with E-state index < -0.39 is 10.0 Å². The Labute approximate surface area is 192 Å². The molecule has 9 heteroatoms. The van der Waals surface area contributed by atoms with Crippen LogP contribution in [0.4, 0.5) is 5.69 Å². The summed E-state index contributed by atoms with van der Waals surface area (Å²) in [4.78, 5) is 17.4. The number of sulfonamides is 1. The van der Waals surface area contributed by atoms with Gasteiger partial charge in [-0.05, 0) is 50.1 Å². The van der Waals surface area contributed by atoms with E-state index >= 15 is 0 Å². The average molecular weight is 472 g/mol. The number of anilines is 1. The molecule has 32 heavy (non-hydrogen) atoms. The van der Waals surface area contributed by atoms with E-state index in [2.05, 4.69) is 10.3 Å². The molecule has 0 radical (unpaired) electrons. The first-order valence-corrected chi connectivity index (χ1v) is 12.9. The molecule has 1 amide bonds. The van der Waals surface area contributed by atoms with Crippen LogP contribution in [0, 0.1) is 0 Å². The van der Waals surface area contributed by atoms with Crippen molar-refractivity contribution in [2.24, 2.45) is 0 Å². The highest BCUT2D eigenvalue weighted by Crippen LogP contribution is 2.32. The molecule has 1 aliphatic rings. The maximum atomic E-state index is 12.8. The molecule has 1 N–H and O–H groups in total. The van der Waals surface area contributed by atoms with Crippen molar-refractivity contribution in [1.82, 2.24) is 9.29 Å². The van der Waals surface area contributed by atoms with E-state index in [4.69, 9.17) is 4.74 Å². The summed E-state index contributed by atoms with van der Waals surface area (Å²) in [6.45, 7) is 3.57. The summed E-state index contributed by atoms with van der Waals surface area (Å²) < 4.78 is 32.7. The number of thiazole rings is 1. The minimum Gasteiger partial charge on any atom is -0.493 e. The van der Waals surface area contributed by atoms with Gasteiger partial charge in [-0.15, -0.1) is 11.3 Å². The maximum absolute atomic E-state index is 12.8. The molecule has 1 aliphatic heterocycles. The van der Waals surface area contributed by atoms with Crippen molar-refractivity contribution in [3.63, 3.8) is 0 Å². The van der Waals surface area contributed by atoms with Crippen molar-refractivity contribution in [2.75, 3.05) is 25.0 Å². The van der Waals surface area contributed by atoms with Crippen molar-refractivity contribution in [3.8, 4) is 16.3 Å². The third-order valence-electron chi connectivity index (χ3n) is 5.13. The molecule has 0 atom stereocenters. The second kappa shape index (κ2) is 9.81. The van der Waals surface area contributed by atoms with Crippen LogP contribution >= 0.6 is 11.3 Å². The second-order valence-corrected chi connectivity index (χ2v) is 10.2. The van der Waals surface area contributed by atoms with Crippen molar-refractivity contribution in [3.05, 3.63) is 59.6 Å². The average Bonchev–Trinajstić information content (AvgIpc) is 3.47. The van der Waals surface area contributed by atoms with Crippen LogP contribution in [0.1, 0.15) is 25.5 Å². The third-order valence-corrected chi connectivity index (χ3v) is 7.95. The zero-order chi connectivity index (χ0) is 22.6. The Morgan fingerprint density at radius 2 is 1.94 bits per heavy atom. The smallest absolute Gasteiger partial charge is 0.243 e. The van der Waals surface area contributed by atoms with Crippen LogP contribution in [0.25, 0.3) is 10.6 Å². The standard InChI is InChI=1S/C23H25N3O4S2/c1-2-30-21-11-4-3-10-20(21)23-25-18(16-31-23)15-22(27)24-17-8-7-9-19(14-17)32(28,29)26-12-5-6-13-26/h3-4,7-11,14,16H,2,5-6,12-13,15H2,1H3,(H,24,27). The topological polar surface area (TPSA) is 88.6 Å². The second-order valence-electron chi connectivity index (χ2n) is 7.44. The van der Waals surface area contributed by atoms with E-state index in [1.165, 1.54) is 21.7 Å².